The maximum atomic E-state index is 12.9. The molecule has 3 N–H and O–H groups in total. The molecular weight excluding hydrogens is 195 g/mol. The minimum atomic E-state index is -0.269. The van der Waals surface area contributed by atoms with Gasteiger partial charge in [-0.25, -0.2) is 4.39 Å². The van der Waals surface area contributed by atoms with Gasteiger partial charge in [-0.15, -0.1) is 0 Å². The summed E-state index contributed by atoms with van der Waals surface area (Å²) in [5, 5.41) is 3.21. The third-order valence-electron chi connectivity index (χ3n) is 2.80. The Hall–Kier alpha value is -1.29. The van der Waals surface area contributed by atoms with Crippen molar-refractivity contribution in [2.24, 2.45) is 0 Å². The predicted octanol–water partition coefficient (Wildman–Crippen LogP) is 2.00. The number of hydrogen-bond donors (Lipinski definition) is 2. The van der Waals surface area contributed by atoms with Crippen LogP contribution in [0.2, 0.25) is 0 Å². The molecule has 1 fully saturated rings. The lowest BCUT2D eigenvalue weighted by Crippen LogP contribution is -2.40. The molecule has 1 aliphatic rings. The van der Waals surface area contributed by atoms with Crippen LogP contribution in [0.1, 0.15) is 12.8 Å². The Labute approximate surface area is 88.4 Å². The van der Waals surface area contributed by atoms with Crippen LogP contribution in [0.15, 0.2) is 18.2 Å². The summed E-state index contributed by atoms with van der Waals surface area (Å²) in [5.74, 6) is -0.269. The largest absolute Gasteiger partial charge is 0.397 e. The molecule has 0 saturated heterocycles. The van der Waals surface area contributed by atoms with Crippen LogP contribution < -0.4 is 11.1 Å². The second-order valence-electron chi connectivity index (χ2n) is 3.90. The van der Waals surface area contributed by atoms with Crippen molar-refractivity contribution in [1.82, 2.24) is 0 Å². The number of ether oxygens (including phenoxy) is 1. The van der Waals surface area contributed by atoms with E-state index >= 15 is 0 Å². The Balaban J connectivity index is 1.97. The fourth-order valence-corrected chi connectivity index (χ4v) is 1.75. The molecule has 0 radical (unpaired) electrons. The summed E-state index contributed by atoms with van der Waals surface area (Å²) in [4.78, 5) is 0. The number of nitrogens with one attached hydrogen (secondary N) is 1. The lowest BCUT2D eigenvalue weighted by Gasteiger charge is -2.35. The summed E-state index contributed by atoms with van der Waals surface area (Å²) < 4.78 is 18.1. The first-order valence-corrected chi connectivity index (χ1v) is 5.03. The average molecular weight is 210 g/mol. The molecule has 0 heterocycles. The zero-order valence-corrected chi connectivity index (χ0v) is 8.66. The Bertz CT molecular complexity index is 350. The van der Waals surface area contributed by atoms with Gasteiger partial charge in [0.15, 0.2) is 0 Å². The molecular formula is C11H15FN2O. The standard InChI is InChI=1S/C11H15FN2O/c1-15-9-5-8(6-9)14-11-4-7(12)2-3-10(11)13/h2-4,8-9,14H,5-6,13H2,1H3/t8-,9-. The van der Waals surface area contributed by atoms with Crippen LogP contribution in [-0.2, 0) is 4.74 Å². The Kier molecular flexibility index (Phi) is 2.77. The molecule has 1 aliphatic carbocycles. The van der Waals surface area contributed by atoms with Crippen LogP contribution in [0.5, 0.6) is 0 Å². The van der Waals surface area contributed by atoms with Crippen molar-refractivity contribution in [1.29, 1.82) is 0 Å². The van der Waals surface area contributed by atoms with E-state index in [-0.39, 0.29) is 5.82 Å². The highest BCUT2D eigenvalue weighted by molar-refractivity contribution is 5.66. The number of methoxy groups -OCH3 is 1. The molecule has 0 unspecified atom stereocenters. The Morgan fingerprint density at radius 2 is 2.20 bits per heavy atom. The summed E-state index contributed by atoms with van der Waals surface area (Å²) >= 11 is 0. The number of rotatable bonds is 3. The van der Waals surface area contributed by atoms with Crippen LogP contribution in [0.3, 0.4) is 0 Å². The topological polar surface area (TPSA) is 47.3 Å². The highest BCUT2D eigenvalue weighted by atomic mass is 19.1. The van der Waals surface area contributed by atoms with Gasteiger partial charge in [-0.3, -0.25) is 0 Å². The van der Waals surface area contributed by atoms with Crippen LogP contribution in [0.4, 0.5) is 15.8 Å². The van der Waals surface area contributed by atoms with E-state index in [1.165, 1.54) is 12.1 Å². The lowest BCUT2D eigenvalue weighted by molar-refractivity contribution is 0.0329. The van der Waals surface area contributed by atoms with Gasteiger partial charge in [0, 0.05) is 13.2 Å². The van der Waals surface area contributed by atoms with E-state index < -0.39 is 0 Å². The first-order valence-electron chi connectivity index (χ1n) is 5.03. The maximum absolute atomic E-state index is 12.9. The first-order chi connectivity index (χ1) is 7.19. The molecule has 1 saturated carbocycles. The van der Waals surface area contributed by atoms with Crippen molar-refractivity contribution in [2.45, 2.75) is 25.0 Å². The molecule has 1 aromatic carbocycles. The van der Waals surface area contributed by atoms with Crippen LogP contribution in [0, 0.1) is 5.82 Å². The maximum Gasteiger partial charge on any atom is 0.125 e. The van der Waals surface area contributed by atoms with Gasteiger partial charge < -0.3 is 15.8 Å². The van der Waals surface area contributed by atoms with Crippen LogP contribution in [0.25, 0.3) is 0 Å². The second kappa shape index (κ2) is 4.06. The summed E-state index contributed by atoms with van der Waals surface area (Å²) in [6.45, 7) is 0. The van der Waals surface area contributed by atoms with Gasteiger partial charge in [-0.05, 0) is 31.0 Å². The quantitative estimate of drug-likeness (QED) is 0.750. The number of nitrogens with two attached hydrogens (primary N) is 1. The fourth-order valence-electron chi connectivity index (χ4n) is 1.75. The molecule has 0 aromatic heterocycles. The highest BCUT2D eigenvalue weighted by Crippen LogP contribution is 2.28. The number of halogens is 1. The summed E-state index contributed by atoms with van der Waals surface area (Å²) in [6.07, 6.45) is 2.23. The smallest absolute Gasteiger partial charge is 0.125 e. The van der Waals surface area contributed by atoms with E-state index in [0.717, 1.165) is 12.8 Å². The fraction of sp³-hybridized carbons (Fsp3) is 0.455. The molecule has 0 aliphatic heterocycles. The monoisotopic (exact) mass is 210 g/mol. The highest BCUT2D eigenvalue weighted by Gasteiger charge is 2.29. The molecule has 1 aromatic rings. The van der Waals surface area contributed by atoms with Gasteiger partial charge in [0.05, 0.1) is 17.5 Å². The van der Waals surface area contributed by atoms with Gasteiger partial charge in [-0.2, -0.15) is 0 Å². The van der Waals surface area contributed by atoms with Crippen LogP contribution >= 0.6 is 0 Å². The van der Waals surface area contributed by atoms with Gasteiger partial charge in [0.25, 0.3) is 0 Å². The molecule has 0 atom stereocenters. The van der Waals surface area contributed by atoms with Gasteiger partial charge >= 0.3 is 0 Å². The Morgan fingerprint density at radius 3 is 2.87 bits per heavy atom. The second-order valence-corrected chi connectivity index (χ2v) is 3.90. The molecule has 0 spiro atoms. The van der Waals surface area contributed by atoms with Crippen molar-refractivity contribution in [3.8, 4) is 0 Å². The average Bonchev–Trinajstić information content (AvgIpc) is 2.16. The molecule has 0 bridgehead atoms. The number of benzene rings is 1. The van der Waals surface area contributed by atoms with Crippen molar-refractivity contribution in [3.05, 3.63) is 24.0 Å². The predicted molar refractivity (Wildman–Crippen MR) is 58.3 cm³/mol. The van der Waals surface area contributed by atoms with E-state index in [9.17, 15) is 4.39 Å². The van der Waals surface area contributed by atoms with E-state index in [4.69, 9.17) is 10.5 Å². The zero-order chi connectivity index (χ0) is 10.8. The van der Waals surface area contributed by atoms with Gasteiger partial charge in [0.2, 0.25) is 0 Å². The minimum Gasteiger partial charge on any atom is -0.397 e. The molecule has 3 nitrogen and oxygen atoms in total. The number of anilines is 2. The summed E-state index contributed by atoms with van der Waals surface area (Å²) in [6, 6.07) is 4.71. The van der Waals surface area contributed by atoms with Crippen molar-refractivity contribution in [2.75, 3.05) is 18.2 Å². The third-order valence-corrected chi connectivity index (χ3v) is 2.80. The van der Waals surface area contributed by atoms with Gasteiger partial charge in [-0.1, -0.05) is 0 Å². The van der Waals surface area contributed by atoms with Crippen molar-refractivity contribution < 1.29 is 9.13 Å². The van der Waals surface area contributed by atoms with Gasteiger partial charge in [0.1, 0.15) is 5.82 Å². The van der Waals surface area contributed by atoms with E-state index in [2.05, 4.69) is 5.32 Å². The number of hydrogen-bond acceptors (Lipinski definition) is 3. The zero-order valence-electron chi connectivity index (χ0n) is 8.66. The first kappa shape index (κ1) is 10.2. The van der Waals surface area contributed by atoms with Crippen molar-refractivity contribution >= 4 is 11.4 Å². The molecule has 2 rings (SSSR count). The Morgan fingerprint density at radius 1 is 1.47 bits per heavy atom. The number of nitrogen functional groups attached to an aromatic ring is 1. The van der Waals surface area contributed by atoms with E-state index in [1.54, 1.807) is 13.2 Å². The minimum absolute atomic E-state index is 0.269. The SMILES string of the molecule is CO[C@H]1C[C@H](Nc2cc(F)ccc2N)C1. The molecule has 82 valence electrons. The summed E-state index contributed by atoms with van der Waals surface area (Å²) in [7, 11) is 1.71. The van der Waals surface area contributed by atoms with E-state index in [0.29, 0.717) is 23.5 Å². The summed E-state index contributed by atoms with van der Waals surface area (Å²) in [5.41, 5.74) is 6.98. The third kappa shape index (κ3) is 2.21. The van der Waals surface area contributed by atoms with Crippen LogP contribution in [-0.4, -0.2) is 19.3 Å². The molecule has 15 heavy (non-hydrogen) atoms. The normalized spacial score (nSPS) is 24.7. The van der Waals surface area contributed by atoms with Crippen molar-refractivity contribution in [3.63, 3.8) is 0 Å². The molecule has 4 heteroatoms. The molecule has 0 amide bonds. The van der Waals surface area contributed by atoms with E-state index in [1.807, 2.05) is 0 Å². The lowest BCUT2D eigenvalue weighted by atomic mass is 9.89.